The molecule has 1 aromatic carbocycles. The van der Waals surface area contributed by atoms with E-state index in [1.165, 1.54) is 0 Å². The zero-order valence-corrected chi connectivity index (χ0v) is 10.7. The van der Waals surface area contributed by atoms with Crippen LogP contribution in [0.1, 0.15) is 10.4 Å². The van der Waals surface area contributed by atoms with Crippen LogP contribution >= 0.6 is 11.6 Å². The first kappa shape index (κ1) is 14.1. The average molecular weight is 271 g/mol. The molecule has 3 amide bonds. The molecule has 0 aliphatic heterocycles. The van der Waals surface area contributed by atoms with E-state index in [1.807, 2.05) is 0 Å². The lowest BCUT2D eigenvalue weighted by atomic mass is 10.1. The fourth-order valence-corrected chi connectivity index (χ4v) is 1.55. The third kappa shape index (κ3) is 4.14. The second-order valence-corrected chi connectivity index (χ2v) is 3.92. The molecule has 0 spiro atoms. The number of amides is 3. The smallest absolute Gasteiger partial charge is 0.312 e. The predicted octanol–water partition coefficient (Wildman–Crippen LogP) is 0.780. The van der Waals surface area contributed by atoms with E-state index >= 15 is 0 Å². The van der Waals surface area contributed by atoms with Gasteiger partial charge in [0, 0.05) is 30.8 Å². The molecule has 0 aromatic heterocycles. The highest BCUT2D eigenvalue weighted by Gasteiger charge is 2.10. The van der Waals surface area contributed by atoms with E-state index in [9.17, 15) is 9.59 Å². The maximum absolute atomic E-state index is 11.9. The molecule has 0 heterocycles. The summed E-state index contributed by atoms with van der Waals surface area (Å²) in [6, 6.07) is 4.37. The van der Waals surface area contributed by atoms with Crippen LogP contribution in [0, 0.1) is 0 Å². The van der Waals surface area contributed by atoms with Gasteiger partial charge >= 0.3 is 6.03 Å². The van der Waals surface area contributed by atoms with Gasteiger partial charge in [0.2, 0.25) is 0 Å². The highest BCUT2D eigenvalue weighted by Crippen LogP contribution is 2.19. The lowest BCUT2D eigenvalue weighted by Gasteiger charge is -2.10. The van der Waals surface area contributed by atoms with Gasteiger partial charge in [-0.25, -0.2) is 4.79 Å². The summed E-state index contributed by atoms with van der Waals surface area (Å²) in [7, 11) is 1.72. The summed E-state index contributed by atoms with van der Waals surface area (Å²) in [6.45, 7) is 0.563. The summed E-state index contributed by atoms with van der Waals surface area (Å²) in [6.07, 6.45) is 0. The molecule has 1 rings (SSSR count). The van der Waals surface area contributed by atoms with Gasteiger partial charge in [-0.1, -0.05) is 11.6 Å². The molecule has 0 aliphatic carbocycles. The Labute approximate surface area is 110 Å². The molecule has 0 radical (unpaired) electrons. The number of rotatable bonds is 5. The standard InChI is InChI=1S/C11H15ClN4O2/c1-14-9-3-2-7(12)6-8(9)10(17)15-4-5-16-11(13)18/h2-3,6,14H,4-5H2,1H3,(H,15,17)(H3,13,16,18). The van der Waals surface area contributed by atoms with Gasteiger partial charge in [0.05, 0.1) is 5.56 Å². The first-order valence-corrected chi connectivity index (χ1v) is 5.71. The Morgan fingerprint density at radius 3 is 2.56 bits per heavy atom. The van der Waals surface area contributed by atoms with Crippen LogP contribution in [-0.4, -0.2) is 32.1 Å². The minimum atomic E-state index is -0.622. The second kappa shape index (κ2) is 6.70. The third-order valence-corrected chi connectivity index (χ3v) is 2.44. The number of halogens is 1. The number of carbonyl (C=O) groups is 2. The molecule has 1 aromatic rings. The monoisotopic (exact) mass is 270 g/mol. The number of benzene rings is 1. The minimum absolute atomic E-state index is 0.270. The number of primary amides is 1. The molecule has 5 N–H and O–H groups in total. The zero-order valence-electron chi connectivity index (χ0n) is 9.92. The fraction of sp³-hybridized carbons (Fsp3) is 0.273. The summed E-state index contributed by atoms with van der Waals surface area (Å²) >= 11 is 5.84. The first-order valence-electron chi connectivity index (χ1n) is 5.33. The van der Waals surface area contributed by atoms with E-state index in [2.05, 4.69) is 16.0 Å². The van der Waals surface area contributed by atoms with Crippen LogP contribution in [0.4, 0.5) is 10.5 Å². The van der Waals surface area contributed by atoms with Crippen LogP contribution in [-0.2, 0) is 0 Å². The highest BCUT2D eigenvalue weighted by molar-refractivity contribution is 6.31. The maximum Gasteiger partial charge on any atom is 0.312 e. The molecule has 6 nitrogen and oxygen atoms in total. The number of hydrogen-bond acceptors (Lipinski definition) is 3. The molecular formula is C11H15ClN4O2. The summed E-state index contributed by atoms with van der Waals surface area (Å²) in [5.74, 6) is -0.270. The van der Waals surface area contributed by atoms with Crippen molar-refractivity contribution in [2.75, 3.05) is 25.5 Å². The molecule has 0 saturated heterocycles. The second-order valence-electron chi connectivity index (χ2n) is 3.49. The Balaban J connectivity index is 2.60. The van der Waals surface area contributed by atoms with Crippen LogP contribution in [0.25, 0.3) is 0 Å². The minimum Gasteiger partial charge on any atom is -0.387 e. The number of urea groups is 1. The summed E-state index contributed by atoms with van der Waals surface area (Å²) < 4.78 is 0. The van der Waals surface area contributed by atoms with Gasteiger partial charge in [0.1, 0.15) is 0 Å². The van der Waals surface area contributed by atoms with Gasteiger partial charge in [-0.2, -0.15) is 0 Å². The molecular weight excluding hydrogens is 256 g/mol. The molecule has 0 saturated carbocycles. The Kier molecular flexibility index (Phi) is 5.26. The Morgan fingerprint density at radius 1 is 1.28 bits per heavy atom. The lowest BCUT2D eigenvalue weighted by molar-refractivity contribution is 0.0954. The third-order valence-electron chi connectivity index (χ3n) is 2.21. The van der Waals surface area contributed by atoms with Crippen molar-refractivity contribution in [1.29, 1.82) is 0 Å². The fourth-order valence-electron chi connectivity index (χ4n) is 1.38. The Morgan fingerprint density at radius 2 is 1.94 bits per heavy atom. The van der Waals surface area contributed by atoms with Crippen molar-refractivity contribution in [3.8, 4) is 0 Å². The van der Waals surface area contributed by atoms with E-state index in [4.69, 9.17) is 17.3 Å². The lowest BCUT2D eigenvalue weighted by Crippen LogP contribution is -2.37. The van der Waals surface area contributed by atoms with Gasteiger partial charge in [-0.15, -0.1) is 0 Å². The summed E-state index contributed by atoms with van der Waals surface area (Å²) in [5, 5.41) is 8.41. The Bertz CT molecular complexity index is 451. The zero-order chi connectivity index (χ0) is 13.5. The number of nitrogens with two attached hydrogens (primary N) is 1. The SMILES string of the molecule is CNc1ccc(Cl)cc1C(=O)NCCNC(N)=O. The number of anilines is 1. The van der Waals surface area contributed by atoms with E-state index in [1.54, 1.807) is 25.2 Å². The molecule has 0 aliphatic rings. The quantitative estimate of drug-likeness (QED) is 0.595. The molecule has 0 atom stereocenters. The summed E-state index contributed by atoms with van der Waals surface area (Å²) in [5.41, 5.74) is 6.02. The summed E-state index contributed by atoms with van der Waals surface area (Å²) in [4.78, 5) is 22.3. The van der Waals surface area contributed by atoms with Gasteiger partial charge < -0.3 is 21.7 Å². The van der Waals surface area contributed by atoms with Gasteiger partial charge in [0.25, 0.3) is 5.91 Å². The van der Waals surface area contributed by atoms with E-state index < -0.39 is 6.03 Å². The molecule has 18 heavy (non-hydrogen) atoms. The van der Waals surface area contributed by atoms with Crippen molar-refractivity contribution >= 4 is 29.2 Å². The van der Waals surface area contributed by atoms with Gasteiger partial charge in [0.15, 0.2) is 0 Å². The first-order chi connectivity index (χ1) is 8.54. The van der Waals surface area contributed by atoms with Crippen molar-refractivity contribution in [3.05, 3.63) is 28.8 Å². The topological polar surface area (TPSA) is 96.2 Å². The molecule has 0 unspecified atom stereocenters. The predicted molar refractivity (Wildman–Crippen MR) is 70.9 cm³/mol. The van der Waals surface area contributed by atoms with Crippen LogP contribution in [0.15, 0.2) is 18.2 Å². The van der Waals surface area contributed by atoms with Crippen molar-refractivity contribution in [1.82, 2.24) is 10.6 Å². The Hall–Kier alpha value is -1.95. The van der Waals surface area contributed by atoms with E-state index in [0.717, 1.165) is 0 Å². The van der Waals surface area contributed by atoms with Crippen LogP contribution in [0.5, 0.6) is 0 Å². The molecule has 98 valence electrons. The van der Waals surface area contributed by atoms with Crippen LogP contribution in [0.2, 0.25) is 5.02 Å². The molecule has 0 bridgehead atoms. The van der Waals surface area contributed by atoms with Gasteiger partial charge in [-0.05, 0) is 18.2 Å². The van der Waals surface area contributed by atoms with E-state index in [0.29, 0.717) is 16.3 Å². The highest BCUT2D eigenvalue weighted by atomic mass is 35.5. The maximum atomic E-state index is 11.9. The van der Waals surface area contributed by atoms with Crippen molar-refractivity contribution in [2.45, 2.75) is 0 Å². The number of nitrogens with one attached hydrogen (secondary N) is 3. The van der Waals surface area contributed by atoms with Gasteiger partial charge in [-0.3, -0.25) is 4.79 Å². The van der Waals surface area contributed by atoms with Crippen molar-refractivity contribution < 1.29 is 9.59 Å². The molecule has 0 fully saturated rings. The van der Waals surface area contributed by atoms with Crippen LogP contribution in [0.3, 0.4) is 0 Å². The molecule has 7 heteroatoms. The number of carbonyl (C=O) groups excluding carboxylic acids is 2. The van der Waals surface area contributed by atoms with Crippen molar-refractivity contribution in [2.24, 2.45) is 5.73 Å². The average Bonchev–Trinajstić information content (AvgIpc) is 2.34. The van der Waals surface area contributed by atoms with Crippen LogP contribution < -0.4 is 21.7 Å². The normalized spacial score (nSPS) is 9.67. The van der Waals surface area contributed by atoms with Crippen molar-refractivity contribution in [3.63, 3.8) is 0 Å². The largest absolute Gasteiger partial charge is 0.387 e. The number of hydrogen-bond donors (Lipinski definition) is 4. The van der Waals surface area contributed by atoms with E-state index in [-0.39, 0.29) is 19.0 Å².